The Morgan fingerprint density at radius 2 is 2.00 bits per heavy atom. The van der Waals surface area contributed by atoms with E-state index in [1.807, 2.05) is 24.3 Å². The molecule has 2 heterocycles. The van der Waals surface area contributed by atoms with Gasteiger partial charge in [-0.15, -0.1) is 23.1 Å². The minimum absolute atomic E-state index is 0.291. The van der Waals surface area contributed by atoms with Crippen LogP contribution in [-0.4, -0.2) is 23.8 Å². The molecule has 0 aliphatic heterocycles. The number of thioether (sulfide) groups is 1. The molecule has 2 aromatic heterocycles. The molecule has 0 aliphatic carbocycles. The molecule has 0 saturated heterocycles. The van der Waals surface area contributed by atoms with Crippen molar-refractivity contribution in [3.63, 3.8) is 0 Å². The van der Waals surface area contributed by atoms with Gasteiger partial charge in [0, 0.05) is 21.5 Å². The van der Waals surface area contributed by atoms with E-state index >= 15 is 0 Å². The molecule has 1 aromatic carbocycles. The van der Waals surface area contributed by atoms with Crippen LogP contribution in [0.2, 0.25) is 0 Å². The van der Waals surface area contributed by atoms with Gasteiger partial charge in [-0.1, -0.05) is 24.3 Å². The van der Waals surface area contributed by atoms with E-state index in [0.717, 1.165) is 11.1 Å². The summed E-state index contributed by atoms with van der Waals surface area (Å²) in [5, 5.41) is 2.08. The van der Waals surface area contributed by atoms with Crippen LogP contribution in [0.1, 0.15) is 17.4 Å². The predicted octanol–water partition coefficient (Wildman–Crippen LogP) is 5.86. The highest BCUT2D eigenvalue weighted by Crippen LogP contribution is 2.38. The summed E-state index contributed by atoms with van der Waals surface area (Å²) >= 11 is 3.42. The fourth-order valence-electron chi connectivity index (χ4n) is 2.61. The Balaban J connectivity index is 2.02. The van der Waals surface area contributed by atoms with Gasteiger partial charge >= 0.3 is 5.97 Å². The van der Waals surface area contributed by atoms with Crippen molar-refractivity contribution in [2.24, 2.45) is 0 Å². The maximum Gasteiger partial charge on any atom is 0.353 e. The van der Waals surface area contributed by atoms with E-state index in [1.54, 1.807) is 36.2 Å². The molecular weight excluding hydrogens is 352 g/mol. The van der Waals surface area contributed by atoms with Crippen LogP contribution in [0.4, 0.5) is 5.69 Å². The second-order valence-corrected chi connectivity index (χ2v) is 6.92. The van der Waals surface area contributed by atoms with Crippen molar-refractivity contribution in [3.8, 4) is 21.6 Å². The van der Waals surface area contributed by atoms with E-state index in [-0.39, 0.29) is 0 Å². The Bertz CT molecular complexity index is 933. The molecule has 0 saturated carbocycles. The van der Waals surface area contributed by atoms with Gasteiger partial charge < -0.3 is 9.72 Å². The van der Waals surface area contributed by atoms with E-state index in [9.17, 15) is 4.79 Å². The first-order valence-electron chi connectivity index (χ1n) is 7.67. The van der Waals surface area contributed by atoms with Crippen molar-refractivity contribution in [1.29, 1.82) is 0 Å². The van der Waals surface area contributed by atoms with Crippen LogP contribution in [0.5, 0.6) is 0 Å². The Morgan fingerprint density at radius 1 is 1.28 bits per heavy atom. The highest BCUT2D eigenvalue weighted by Gasteiger charge is 2.20. The van der Waals surface area contributed by atoms with Crippen molar-refractivity contribution in [2.45, 2.75) is 11.8 Å². The number of carbonyl (C=O) groups is 1. The lowest BCUT2D eigenvalue weighted by molar-refractivity contribution is 0.0521. The van der Waals surface area contributed by atoms with Gasteiger partial charge in [0.2, 0.25) is 5.69 Å². The number of thiophene rings is 1. The molecule has 3 rings (SSSR count). The molecule has 6 heteroatoms. The van der Waals surface area contributed by atoms with Gasteiger partial charge in [-0.2, -0.15) is 0 Å². The average molecular weight is 368 g/mol. The fraction of sp³-hybridized carbons (Fsp3) is 0.158. The van der Waals surface area contributed by atoms with Gasteiger partial charge in [-0.3, -0.25) is 0 Å². The largest absolute Gasteiger partial charge is 0.461 e. The molecular formula is C19H16N2O2S2. The summed E-state index contributed by atoms with van der Waals surface area (Å²) in [6, 6.07) is 10.0. The molecule has 1 N–H and O–H groups in total. The lowest BCUT2D eigenvalue weighted by Gasteiger charge is -2.07. The van der Waals surface area contributed by atoms with E-state index < -0.39 is 5.97 Å². The van der Waals surface area contributed by atoms with Crippen molar-refractivity contribution in [1.82, 2.24) is 4.98 Å². The minimum Gasteiger partial charge on any atom is -0.461 e. The topological polar surface area (TPSA) is 46.5 Å². The molecule has 3 aromatic rings. The zero-order valence-corrected chi connectivity index (χ0v) is 15.5. The number of ether oxygens (including phenoxy) is 1. The van der Waals surface area contributed by atoms with E-state index in [2.05, 4.69) is 27.5 Å². The predicted molar refractivity (Wildman–Crippen MR) is 104 cm³/mol. The van der Waals surface area contributed by atoms with E-state index in [1.165, 1.54) is 9.77 Å². The van der Waals surface area contributed by atoms with E-state index in [4.69, 9.17) is 11.3 Å². The number of rotatable bonds is 5. The molecule has 25 heavy (non-hydrogen) atoms. The monoisotopic (exact) mass is 368 g/mol. The van der Waals surface area contributed by atoms with Gasteiger partial charge in [-0.25, -0.2) is 9.64 Å². The SMILES string of the molecule is [C-]#[N+]c1c[nH]c(C(=O)OCC)c1-c1ccc(-c2sccc2SC)cc1. The van der Waals surface area contributed by atoms with Crippen molar-refractivity contribution < 1.29 is 9.53 Å². The number of nitrogens with one attached hydrogen (secondary N) is 1. The van der Waals surface area contributed by atoms with Crippen molar-refractivity contribution in [3.05, 3.63) is 59.0 Å². The number of hydrogen-bond donors (Lipinski definition) is 1. The molecule has 0 fully saturated rings. The van der Waals surface area contributed by atoms with Crippen molar-refractivity contribution in [2.75, 3.05) is 12.9 Å². The first kappa shape index (κ1) is 17.3. The third kappa shape index (κ3) is 3.34. The van der Waals surface area contributed by atoms with Crippen molar-refractivity contribution >= 4 is 34.8 Å². The number of aromatic amines is 1. The first-order valence-corrected chi connectivity index (χ1v) is 9.78. The number of esters is 1. The quantitative estimate of drug-likeness (QED) is 0.348. The van der Waals surface area contributed by atoms with Crippen LogP contribution in [0.25, 0.3) is 26.4 Å². The fourth-order valence-corrected chi connectivity index (χ4v) is 4.40. The molecule has 0 spiro atoms. The number of nitrogens with zero attached hydrogens (tertiary/aromatic N) is 1. The second-order valence-electron chi connectivity index (χ2n) is 5.15. The number of carbonyl (C=O) groups excluding carboxylic acids is 1. The second kappa shape index (κ2) is 7.60. The molecule has 0 unspecified atom stereocenters. The van der Waals surface area contributed by atoms with Gasteiger partial charge in [0.15, 0.2) is 0 Å². The van der Waals surface area contributed by atoms with Gasteiger partial charge in [0.05, 0.1) is 13.2 Å². The summed E-state index contributed by atoms with van der Waals surface area (Å²) in [6.45, 7) is 9.40. The zero-order chi connectivity index (χ0) is 17.8. The summed E-state index contributed by atoms with van der Waals surface area (Å²) in [4.78, 5) is 21.0. The number of benzene rings is 1. The Labute approximate surface area is 154 Å². The summed E-state index contributed by atoms with van der Waals surface area (Å²) in [5.41, 5.74) is 3.27. The van der Waals surface area contributed by atoms with Gasteiger partial charge in [0.25, 0.3) is 0 Å². The van der Waals surface area contributed by atoms with Crippen LogP contribution in [0.15, 0.2) is 46.8 Å². The van der Waals surface area contributed by atoms with E-state index in [0.29, 0.717) is 23.6 Å². The van der Waals surface area contributed by atoms with Crippen LogP contribution in [0, 0.1) is 6.57 Å². The molecule has 0 atom stereocenters. The zero-order valence-electron chi connectivity index (χ0n) is 13.8. The highest BCUT2D eigenvalue weighted by molar-refractivity contribution is 7.98. The molecule has 0 bridgehead atoms. The van der Waals surface area contributed by atoms with Crippen LogP contribution >= 0.6 is 23.1 Å². The molecule has 0 radical (unpaired) electrons. The van der Waals surface area contributed by atoms with Crippen LogP contribution in [-0.2, 0) is 4.74 Å². The normalized spacial score (nSPS) is 10.4. The third-order valence-corrected chi connectivity index (χ3v) is 5.62. The number of hydrogen-bond acceptors (Lipinski definition) is 4. The summed E-state index contributed by atoms with van der Waals surface area (Å²) < 4.78 is 5.09. The Morgan fingerprint density at radius 3 is 2.64 bits per heavy atom. The lowest BCUT2D eigenvalue weighted by atomic mass is 10.0. The van der Waals surface area contributed by atoms with Gasteiger partial charge in [-0.05, 0) is 35.8 Å². The number of H-pyrrole nitrogens is 1. The van der Waals surface area contributed by atoms with Gasteiger partial charge in [0.1, 0.15) is 5.69 Å². The summed E-state index contributed by atoms with van der Waals surface area (Å²) in [5.74, 6) is -0.445. The lowest BCUT2D eigenvalue weighted by Crippen LogP contribution is -2.06. The molecule has 0 amide bonds. The smallest absolute Gasteiger partial charge is 0.353 e. The Hall–Kier alpha value is -2.49. The summed E-state index contributed by atoms with van der Waals surface area (Å²) in [6.07, 6.45) is 3.61. The maximum atomic E-state index is 12.1. The molecule has 126 valence electrons. The minimum atomic E-state index is -0.445. The maximum absolute atomic E-state index is 12.1. The van der Waals surface area contributed by atoms with Crippen LogP contribution in [0.3, 0.4) is 0 Å². The van der Waals surface area contributed by atoms with Crippen LogP contribution < -0.4 is 0 Å². The standard InChI is InChI=1S/C19H16N2O2S2/c1-4-23-19(22)17-16(14(20-2)11-21-17)12-5-7-13(8-6-12)18-15(24-3)9-10-25-18/h5-11,21H,4H2,1,3H3. The molecule has 4 nitrogen and oxygen atoms in total. The number of aromatic nitrogens is 1. The molecule has 0 aliphatic rings. The average Bonchev–Trinajstić information content (AvgIpc) is 3.28. The first-order chi connectivity index (χ1) is 12.2. The highest BCUT2D eigenvalue weighted by atomic mass is 32.2. The summed E-state index contributed by atoms with van der Waals surface area (Å²) in [7, 11) is 0. The Kier molecular flexibility index (Phi) is 5.27. The third-order valence-electron chi connectivity index (χ3n) is 3.74.